The first-order chi connectivity index (χ1) is 9.57. The van der Waals surface area contributed by atoms with Gasteiger partial charge >= 0.3 is 6.18 Å². The fraction of sp³-hybridized carbons (Fsp3) is 0.385. The topological polar surface area (TPSA) is 42.7 Å². The average molecular weight is 284 g/mol. The van der Waals surface area contributed by atoms with Crippen molar-refractivity contribution < 1.29 is 13.2 Å². The third kappa shape index (κ3) is 4.06. The number of hydrogen-bond donors (Lipinski definition) is 1. The van der Waals surface area contributed by atoms with Crippen LogP contribution >= 0.6 is 0 Å². The van der Waals surface area contributed by atoms with E-state index in [1.165, 1.54) is 18.3 Å². The van der Waals surface area contributed by atoms with Crippen LogP contribution in [0.4, 0.5) is 13.2 Å². The van der Waals surface area contributed by atoms with Crippen LogP contribution in [0.25, 0.3) is 0 Å². The molecule has 0 aliphatic carbocycles. The van der Waals surface area contributed by atoms with E-state index in [4.69, 9.17) is 0 Å². The molecular weight excluding hydrogens is 269 g/mol. The summed E-state index contributed by atoms with van der Waals surface area (Å²) in [5.41, 5.74) is 0.223. The molecule has 0 aliphatic rings. The molecule has 7 heteroatoms. The second-order valence-corrected chi connectivity index (χ2v) is 4.36. The Labute approximate surface area is 114 Å². The molecule has 1 aromatic heterocycles. The van der Waals surface area contributed by atoms with Crippen LogP contribution in [0.1, 0.15) is 18.0 Å². The third-order valence-corrected chi connectivity index (χ3v) is 2.84. The van der Waals surface area contributed by atoms with E-state index in [1.807, 2.05) is 0 Å². The van der Waals surface area contributed by atoms with E-state index in [2.05, 4.69) is 15.6 Å². The largest absolute Gasteiger partial charge is 0.407 e. The highest BCUT2D eigenvalue weighted by Crippen LogP contribution is 2.32. The summed E-state index contributed by atoms with van der Waals surface area (Å²) >= 11 is 0. The normalized spacial score (nSPS) is 13.3. The highest BCUT2D eigenvalue weighted by atomic mass is 19.4. The molecular formula is C13H15F3N4. The zero-order valence-corrected chi connectivity index (χ0v) is 10.7. The Bertz CT molecular complexity index is 496. The van der Waals surface area contributed by atoms with Gasteiger partial charge in [-0.2, -0.15) is 13.2 Å². The number of aryl methyl sites for hydroxylation is 1. The molecule has 4 nitrogen and oxygen atoms in total. The minimum Gasteiger partial charge on any atom is -0.302 e. The van der Waals surface area contributed by atoms with Crippen molar-refractivity contribution >= 4 is 0 Å². The zero-order valence-electron chi connectivity index (χ0n) is 10.7. The minimum atomic E-state index is -4.31. The number of nitrogens with one attached hydrogen (secondary N) is 1. The van der Waals surface area contributed by atoms with Gasteiger partial charge in [0.05, 0.1) is 6.20 Å². The molecule has 0 spiro atoms. The molecule has 0 saturated heterocycles. The summed E-state index contributed by atoms with van der Waals surface area (Å²) in [5.74, 6) is 0. The van der Waals surface area contributed by atoms with Gasteiger partial charge < -0.3 is 5.32 Å². The molecule has 1 aromatic carbocycles. The van der Waals surface area contributed by atoms with Gasteiger partial charge in [-0.15, -0.1) is 5.10 Å². The number of hydrogen-bond acceptors (Lipinski definition) is 3. The van der Waals surface area contributed by atoms with E-state index in [0.717, 1.165) is 0 Å². The van der Waals surface area contributed by atoms with Gasteiger partial charge in [-0.25, -0.2) is 0 Å². The van der Waals surface area contributed by atoms with Gasteiger partial charge in [0.25, 0.3) is 0 Å². The van der Waals surface area contributed by atoms with Gasteiger partial charge in [-0.3, -0.25) is 4.68 Å². The van der Waals surface area contributed by atoms with Crippen LogP contribution in [-0.4, -0.2) is 27.7 Å². The van der Waals surface area contributed by atoms with Crippen molar-refractivity contribution in [1.29, 1.82) is 0 Å². The van der Waals surface area contributed by atoms with Crippen molar-refractivity contribution in [3.05, 3.63) is 48.3 Å². The van der Waals surface area contributed by atoms with E-state index in [9.17, 15) is 13.2 Å². The minimum absolute atomic E-state index is 0.223. The van der Waals surface area contributed by atoms with Crippen LogP contribution < -0.4 is 5.32 Å². The molecule has 0 fully saturated rings. The molecule has 1 heterocycles. The van der Waals surface area contributed by atoms with Crippen molar-refractivity contribution in [3.63, 3.8) is 0 Å². The number of alkyl halides is 3. The first-order valence-corrected chi connectivity index (χ1v) is 6.26. The monoisotopic (exact) mass is 284 g/mol. The lowest BCUT2D eigenvalue weighted by Gasteiger charge is -2.22. The summed E-state index contributed by atoms with van der Waals surface area (Å²) in [6, 6.07) is 6.21. The predicted octanol–water partition coefficient (Wildman–Crippen LogP) is 2.56. The van der Waals surface area contributed by atoms with Gasteiger partial charge in [-0.05, 0) is 18.5 Å². The van der Waals surface area contributed by atoms with Crippen molar-refractivity contribution in [2.24, 2.45) is 0 Å². The second kappa shape index (κ2) is 6.51. The van der Waals surface area contributed by atoms with Crippen LogP contribution in [0.15, 0.2) is 42.7 Å². The molecule has 20 heavy (non-hydrogen) atoms. The van der Waals surface area contributed by atoms with Gasteiger partial charge in [-0.1, -0.05) is 35.5 Å². The molecule has 1 N–H and O–H groups in total. The Kier molecular flexibility index (Phi) is 4.73. The molecule has 0 radical (unpaired) electrons. The summed E-state index contributed by atoms with van der Waals surface area (Å²) < 4.78 is 40.6. The van der Waals surface area contributed by atoms with Gasteiger partial charge in [0.1, 0.15) is 6.04 Å². The van der Waals surface area contributed by atoms with E-state index < -0.39 is 12.2 Å². The quantitative estimate of drug-likeness (QED) is 0.829. The average Bonchev–Trinajstić information content (AvgIpc) is 2.91. The van der Waals surface area contributed by atoms with E-state index in [0.29, 0.717) is 13.0 Å². The number of halogens is 3. The lowest BCUT2D eigenvalue weighted by molar-refractivity contribution is -0.157. The van der Waals surface area contributed by atoms with Crippen LogP contribution in [0.3, 0.4) is 0 Å². The van der Waals surface area contributed by atoms with Crippen molar-refractivity contribution in [2.75, 3.05) is 6.54 Å². The number of benzene rings is 1. The fourth-order valence-corrected chi connectivity index (χ4v) is 1.91. The Morgan fingerprint density at radius 1 is 1.20 bits per heavy atom. The first kappa shape index (κ1) is 14.5. The third-order valence-electron chi connectivity index (χ3n) is 2.84. The van der Waals surface area contributed by atoms with Crippen molar-refractivity contribution in [1.82, 2.24) is 20.3 Å². The highest BCUT2D eigenvalue weighted by Gasteiger charge is 2.40. The fourth-order valence-electron chi connectivity index (χ4n) is 1.91. The molecule has 0 bridgehead atoms. The maximum atomic E-state index is 13.0. The smallest absolute Gasteiger partial charge is 0.302 e. The molecule has 0 saturated carbocycles. The molecule has 2 aromatic rings. The van der Waals surface area contributed by atoms with Crippen LogP contribution in [0.2, 0.25) is 0 Å². The summed E-state index contributed by atoms with van der Waals surface area (Å²) in [6.07, 6.45) is -0.550. The van der Waals surface area contributed by atoms with Gasteiger partial charge in [0, 0.05) is 12.7 Å². The second-order valence-electron chi connectivity index (χ2n) is 4.36. The zero-order chi connectivity index (χ0) is 14.4. The van der Waals surface area contributed by atoms with E-state index in [1.54, 1.807) is 29.1 Å². The van der Waals surface area contributed by atoms with Crippen LogP contribution in [0.5, 0.6) is 0 Å². The molecule has 1 unspecified atom stereocenters. The number of aromatic nitrogens is 3. The molecule has 0 amide bonds. The SMILES string of the molecule is FC(F)(F)C(NCCCn1ccnn1)c1ccccc1. The number of nitrogens with zero attached hydrogens (tertiary/aromatic N) is 3. The lowest BCUT2D eigenvalue weighted by Crippen LogP contribution is -2.35. The van der Waals surface area contributed by atoms with Gasteiger partial charge in [0.2, 0.25) is 0 Å². The van der Waals surface area contributed by atoms with Crippen molar-refractivity contribution in [3.8, 4) is 0 Å². The van der Waals surface area contributed by atoms with Gasteiger partial charge in [0.15, 0.2) is 0 Å². The maximum absolute atomic E-state index is 13.0. The Morgan fingerprint density at radius 2 is 1.95 bits per heavy atom. The summed E-state index contributed by atoms with van der Waals surface area (Å²) in [7, 11) is 0. The Morgan fingerprint density at radius 3 is 2.55 bits per heavy atom. The van der Waals surface area contributed by atoms with Crippen LogP contribution in [-0.2, 0) is 6.54 Å². The van der Waals surface area contributed by atoms with E-state index in [-0.39, 0.29) is 12.1 Å². The summed E-state index contributed by atoms with van der Waals surface area (Å²) in [4.78, 5) is 0. The van der Waals surface area contributed by atoms with Crippen LogP contribution in [0, 0.1) is 0 Å². The van der Waals surface area contributed by atoms with Crippen molar-refractivity contribution in [2.45, 2.75) is 25.2 Å². The first-order valence-electron chi connectivity index (χ1n) is 6.26. The molecule has 1 atom stereocenters. The Hall–Kier alpha value is -1.89. The summed E-state index contributed by atoms with van der Waals surface area (Å²) in [5, 5.41) is 9.94. The number of rotatable bonds is 6. The highest BCUT2D eigenvalue weighted by molar-refractivity contribution is 5.20. The lowest BCUT2D eigenvalue weighted by atomic mass is 10.1. The van der Waals surface area contributed by atoms with E-state index >= 15 is 0 Å². The maximum Gasteiger partial charge on any atom is 0.407 e. The Balaban J connectivity index is 1.89. The standard InChI is InChI=1S/C13H15F3N4/c14-13(15,16)12(11-5-2-1-3-6-11)17-7-4-9-20-10-8-18-19-20/h1-3,5-6,8,10,12,17H,4,7,9H2. The molecule has 2 rings (SSSR count). The summed E-state index contributed by atoms with van der Waals surface area (Å²) in [6.45, 7) is 0.783. The predicted molar refractivity (Wildman–Crippen MR) is 67.9 cm³/mol. The molecule has 0 aliphatic heterocycles. The molecule has 108 valence electrons.